The Bertz CT molecular complexity index is 642. The number of ether oxygens (including phenoxy) is 1. The van der Waals surface area contributed by atoms with Gasteiger partial charge in [-0.05, 0) is 24.3 Å². The molecule has 0 saturated heterocycles. The van der Waals surface area contributed by atoms with Crippen LogP contribution in [0.1, 0.15) is 0 Å². The van der Waals surface area contributed by atoms with Crippen LogP contribution in [-0.4, -0.2) is 19.2 Å². The zero-order valence-corrected chi connectivity index (χ0v) is 11.5. The summed E-state index contributed by atoms with van der Waals surface area (Å²) in [6.07, 6.45) is 1.58. The number of nitrogens with zero attached hydrogens (tertiary/aromatic N) is 2. The van der Waals surface area contributed by atoms with E-state index in [1.54, 1.807) is 30.5 Å². The first-order valence-electron chi connectivity index (χ1n) is 4.71. The molecule has 18 heavy (non-hydrogen) atoms. The zero-order valence-electron chi connectivity index (χ0n) is 9.12. The van der Waals surface area contributed by atoms with Crippen molar-refractivity contribution in [2.75, 3.05) is 6.26 Å². The lowest BCUT2D eigenvalue weighted by Crippen LogP contribution is -2.07. The summed E-state index contributed by atoms with van der Waals surface area (Å²) in [6.45, 7) is 0. The molecule has 0 fully saturated rings. The van der Waals surface area contributed by atoms with Crippen LogP contribution in [0.2, 0.25) is 5.15 Å². The minimum Gasteiger partial charge on any atom is -0.435 e. The van der Waals surface area contributed by atoms with Gasteiger partial charge in [-0.2, -0.15) is 4.37 Å². The Labute approximate surface area is 114 Å². The smallest absolute Gasteiger partial charge is 0.283 e. The van der Waals surface area contributed by atoms with E-state index < -0.39 is 16.2 Å². The van der Waals surface area contributed by atoms with Crippen molar-refractivity contribution in [3.05, 3.63) is 39.6 Å². The lowest BCUT2D eigenvalue weighted by Gasteiger charge is -2.03. The van der Waals surface area contributed by atoms with E-state index in [0.717, 1.165) is 11.7 Å². The molecule has 1 aromatic carbocycles. The Morgan fingerprint density at radius 3 is 2.56 bits per heavy atom. The Balaban J connectivity index is 2.26. The minimum atomic E-state index is -1.05. The van der Waals surface area contributed by atoms with Crippen LogP contribution in [0.3, 0.4) is 0 Å². The second-order valence-electron chi connectivity index (χ2n) is 3.22. The normalized spacial score (nSPS) is 12.1. The molecule has 0 N–H and O–H groups in total. The van der Waals surface area contributed by atoms with Crippen molar-refractivity contribution >= 4 is 34.1 Å². The molecule has 0 amide bonds. The van der Waals surface area contributed by atoms with Crippen LogP contribution >= 0.6 is 23.3 Å². The summed E-state index contributed by atoms with van der Waals surface area (Å²) in [5, 5.41) is -0.170. The van der Waals surface area contributed by atoms with E-state index in [9.17, 15) is 9.00 Å². The summed E-state index contributed by atoms with van der Waals surface area (Å²) in [7, 11) is -1.05. The lowest BCUT2D eigenvalue weighted by atomic mass is 10.3. The molecule has 0 saturated carbocycles. The molecule has 5 nitrogen and oxygen atoms in total. The van der Waals surface area contributed by atoms with Crippen LogP contribution in [0.4, 0.5) is 0 Å². The maximum absolute atomic E-state index is 11.5. The summed E-state index contributed by atoms with van der Waals surface area (Å²) in [5.74, 6) is 0.300. The van der Waals surface area contributed by atoms with Crippen LogP contribution in [0.5, 0.6) is 11.6 Å². The SMILES string of the molecule is CS(=O)c1ccc(Oc2nsnc(Cl)c2=O)cc1. The number of benzene rings is 1. The van der Waals surface area contributed by atoms with E-state index in [1.165, 1.54) is 0 Å². The average molecular weight is 303 g/mol. The average Bonchev–Trinajstić information content (AvgIpc) is 2.36. The Morgan fingerprint density at radius 1 is 1.28 bits per heavy atom. The van der Waals surface area contributed by atoms with Gasteiger partial charge in [-0.3, -0.25) is 9.00 Å². The third-order valence-corrected chi connectivity index (χ3v) is 3.80. The van der Waals surface area contributed by atoms with Crippen molar-refractivity contribution in [2.24, 2.45) is 0 Å². The molecule has 1 heterocycles. The Hall–Kier alpha value is -1.31. The van der Waals surface area contributed by atoms with Gasteiger partial charge in [0, 0.05) is 22.0 Å². The predicted molar refractivity (Wildman–Crippen MR) is 70.0 cm³/mol. The van der Waals surface area contributed by atoms with Crippen LogP contribution in [-0.2, 0) is 10.8 Å². The van der Waals surface area contributed by atoms with Crippen molar-refractivity contribution in [2.45, 2.75) is 4.90 Å². The highest BCUT2D eigenvalue weighted by molar-refractivity contribution is 7.84. The van der Waals surface area contributed by atoms with E-state index in [1.807, 2.05) is 0 Å². The maximum Gasteiger partial charge on any atom is 0.283 e. The standard InChI is InChI=1S/C10H7ClN2O3S2/c1-18(15)7-4-2-6(3-5-7)16-10-8(14)9(11)12-17-13-10/h2-5H,1H3. The number of rotatable bonds is 3. The molecule has 0 bridgehead atoms. The summed E-state index contributed by atoms with van der Waals surface area (Å²) in [6, 6.07) is 6.53. The van der Waals surface area contributed by atoms with Gasteiger partial charge in [-0.25, -0.2) is 0 Å². The van der Waals surface area contributed by atoms with Gasteiger partial charge in [-0.1, -0.05) is 11.6 Å². The molecule has 0 aliphatic rings. The minimum absolute atomic E-state index is 0.120. The van der Waals surface area contributed by atoms with Crippen LogP contribution < -0.4 is 10.2 Å². The second-order valence-corrected chi connectivity index (χ2v) is 5.48. The third kappa shape index (κ3) is 2.92. The zero-order chi connectivity index (χ0) is 13.1. The fourth-order valence-corrected chi connectivity index (χ4v) is 2.22. The van der Waals surface area contributed by atoms with Crippen molar-refractivity contribution in [3.8, 4) is 11.6 Å². The molecular weight excluding hydrogens is 296 g/mol. The van der Waals surface area contributed by atoms with E-state index >= 15 is 0 Å². The highest BCUT2D eigenvalue weighted by Crippen LogP contribution is 2.19. The first-order valence-corrected chi connectivity index (χ1v) is 7.38. The summed E-state index contributed by atoms with van der Waals surface area (Å²) >= 11 is 6.37. The summed E-state index contributed by atoms with van der Waals surface area (Å²) < 4.78 is 23.8. The Kier molecular flexibility index (Phi) is 4.05. The first-order chi connectivity index (χ1) is 8.58. The maximum atomic E-state index is 11.5. The molecule has 0 radical (unpaired) electrons. The molecule has 2 aromatic rings. The van der Waals surface area contributed by atoms with Crippen molar-refractivity contribution in [1.29, 1.82) is 0 Å². The largest absolute Gasteiger partial charge is 0.435 e. The van der Waals surface area contributed by atoms with Gasteiger partial charge in [0.15, 0.2) is 5.15 Å². The van der Waals surface area contributed by atoms with Crippen LogP contribution in [0, 0.1) is 0 Å². The topological polar surface area (TPSA) is 69.2 Å². The molecule has 8 heteroatoms. The van der Waals surface area contributed by atoms with Gasteiger partial charge in [0.2, 0.25) is 0 Å². The molecule has 1 aromatic heterocycles. The van der Waals surface area contributed by atoms with Crippen molar-refractivity contribution in [3.63, 3.8) is 0 Å². The Morgan fingerprint density at radius 2 is 1.94 bits per heavy atom. The molecule has 94 valence electrons. The van der Waals surface area contributed by atoms with Crippen LogP contribution in [0.15, 0.2) is 34.0 Å². The van der Waals surface area contributed by atoms with Gasteiger partial charge < -0.3 is 4.74 Å². The fourth-order valence-electron chi connectivity index (χ4n) is 1.14. The van der Waals surface area contributed by atoms with Gasteiger partial charge >= 0.3 is 0 Å². The molecule has 0 aliphatic heterocycles. The molecule has 1 unspecified atom stereocenters. The van der Waals surface area contributed by atoms with E-state index in [2.05, 4.69) is 8.75 Å². The molecular formula is C10H7ClN2O3S2. The van der Waals surface area contributed by atoms with E-state index in [-0.39, 0.29) is 11.0 Å². The number of hydrogen-bond acceptors (Lipinski definition) is 6. The number of halogens is 1. The summed E-state index contributed by atoms with van der Waals surface area (Å²) in [5.41, 5.74) is -0.557. The van der Waals surface area contributed by atoms with Gasteiger partial charge in [0.25, 0.3) is 11.3 Å². The van der Waals surface area contributed by atoms with Crippen molar-refractivity contribution in [1.82, 2.24) is 8.75 Å². The highest BCUT2D eigenvalue weighted by atomic mass is 35.5. The van der Waals surface area contributed by atoms with Gasteiger partial charge in [0.1, 0.15) is 5.75 Å². The highest BCUT2D eigenvalue weighted by Gasteiger charge is 2.09. The lowest BCUT2D eigenvalue weighted by molar-refractivity contribution is 0.462. The van der Waals surface area contributed by atoms with E-state index in [4.69, 9.17) is 16.3 Å². The third-order valence-electron chi connectivity index (χ3n) is 2.00. The molecule has 1 atom stereocenters. The monoisotopic (exact) mass is 302 g/mol. The van der Waals surface area contributed by atoms with Crippen molar-refractivity contribution < 1.29 is 8.95 Å². The second kappa shape index (κ2) is 5.55. The molecule has 2 rings (SSSR count). The quantitative estimate of drug-likeness (QED) is 0.868. The first kappa shape index (κ1) is 13.1. The molecule has 0 aliphatic carbocycles. The van der Waals surface area contributed by atoms with Gasteiger partial charge in [0.05, 0.1) is 11.7 Å². The van der Waals surface area contributed by atoms with Crippen LogP contribution in [0.25, 0.3) is 0 Å². The molecule has 0 spiro atoms. The summed E-state index contributed by atoms with van der Waals surface area (Å²) in [4.78, 5) is 12.2. The van der Waals surface area contributed by atoms with E-state index in [0.29, 0.717) is 10.6 Å². The number of hydrogen-bond donors (Lipinski definition) is 0. The predicted octanol–water partition coefficient (Wildman–Crippen LogP) is 2.08. The fraction of sp³-hybridized carbons (Fsp3) is 0.100. The van der Waals surface area contributed by atoms with Gasteiger partial charge in [-0.15, -0.1) is 4.37 Å². The number of aromatic nitrogens is 2.